The number of hydrogen-bond acceptors (Lipinski definition) is 2. The maximum absolute atomic E-state index is 12.0. The van der Waals surface area contributed by atoms with Gasteiger partial charge in [0.2, 0.25) is 0 Å². The van der Waals surface area contributed by atoms with Crippen LogP contribution in [-0.4, -0.2) is 5.91 Å². The standard InChI is InChI=1S/C15H16N2O2/c1-11-6-3-4-8-14(11)12(2)16-15(18)13-7-5-9-17(19)10-13/h3-10,12H,1-2H3,(H,16,18)/t12-/m0/s1. The van der Waals surface area contributed by atoms with Crippen molar-refractivity contribution in [3.8, 4) is 0 Å². The number of nitrogens with zero attached hydrogens (tertiary/aromatic N) is 1. The van der Waals surface area contributed by atoms with Crippen molar-refractivity contribution >= 4 is 5.91 Å². The van der Waals surface area contributed by atoms with Gasteiger partial charge in [-0.05, 0) is 31.0 Å². The summed E-state index contributed by atoms with van der Waals surface area (Å²) in [4.78, 5) is 12.0. The van der Waals surface area contributed by atoms with Crippen molar-refractivity contribution in [1.29, 1.82) is 0 Å². The zero-order valence-corrected chi connectivity index (χ0v) is 11.0. The van der Waals surface area contributed by atoms with Crippen molar-refractivity contribution in [1.82, 2.24) is 5.32 Å². The smallest absolute Gasteiger partial charge is 0.257 e. The lowest BCUT2D eigenvalue weighted by molar-refractivity contribution is -0.605. The van der Waals surface area contributed by atoms with Gasteiger partial charge < -0.3 is 10.5 Å². The van der Waals surface area contributed by atoms with Crippen molar-refractivity contribution in [2.45, 2.75) is 19.9 Å². The van der Waals surface area contributed by atoms with E-state index in [1.54, 1.807) is 12.1 Å². The first-order valence-corrected chi connectivity index (χ1v) is 6.13. The summed E-state index contributed by atoms with van der Waals surface area (Å²) in [6.45, 7) is 3.93. The molecule has 0 fully saturated rings. The van der Waals surface area contributed by atoms with Crippen molar-refractivity contribution in [2.24, 2.45) is 0 Å². The number of rotatable bonds is 3. The highest BCUT2D eigenvalue weighted by atomic mass is 16.5. The molecule has 0 spiro atoms. The van der Waals surface area contributed by atoms with Gasteiger partial charge in [-0.25, -0.2) is 0 Å². The van der Waals surface area contributed by atoms with E-state index < -0.39 is 0 Å². The van der Waals surface area contributed by atoms with Crippen LogP contribution < -0.4 is 10.0 Å². The molecule has 4 heteroatoms. The van der Waals surface area contributed by atoms with Gasteiger partial charge in [-0.3, -0.25) is 4.79 Å². The normalized spacial score (nSPS) is 11.9. The molecule has 0 aliphatic carbocycles. The number of hydrogen-bond donors (Lipinski definition) is 1. The molecule has 1 N–H and O–H groups in total. The Morgan fingerprint density at radius 3 is 2.68 bits per heavy atom. The minimum absolute atomic E-state index is 0.103. The van der Waals surface area contributed by atoms with Crippen LogP contribution in [0.5, 0.6) is 0 Å². The predicted octanol–water partition coefficient (Wildman–Crippen LogP) is 2.12. The molecular formula is C15H16N2O2. The second kappa shape index (κ2) is 5.52. The molecule has 98 valence electrons. The minimum Gasteiger partial charge on any atom is -0.619 e. The average Bonchev–Trinajstić information content (AvgIpc) is 2.39. The van der Waals surface area contributed by atoms with Gasteiger partial charge in [-0.2, -0.15) is 4.73 Å². The van der Waals surface area contributed by atoms with E-state index >= 15 is 0 Å². The number of aromatic nitrogens is 1. The fourth-order valence-corrected chi connectivity index (χ4v) is 2.02. The van der Waals surface area contributed by atoms with E-state index in [2.05, 4.69) is 5.32 Å². The second-order valence-corrected chi connectivity index (χ2v) is 4.50. The maximum Gasteiger partial charge on any atom is 0.257 e. The lowest BCUT2D eigenvalue weighted by Crippen LogP contribution is -2.31. The Bertz CT molecular complexity index is 596. The Kier molecular flexibility index (Phi) is 3.80. The number of nitrogens with one attached hydrogen (secondary N) is 1. The quantitative estimate of drug-likeness (QED) is 0.675. The Morgan fingerprint density at radius 2 is 2.00 bits per heavy atom. The fraction of sp³-hybridized carbons (Fsp3) is 0.200. The summed E-state index contributed by atoms with van der Waals surface area (Å²) < 4.78 is 0.618. The van der Waals surface area contributed by atoms with Crippen molar-refractivity contribution in [3.63, 3.8) is 0 Å². The van der Waals surface area contributed by atoms with Crippen LogP contribution in [0.25, 0.3) is 0 Å². The van der Waals surface area contributed by atoms with Crippen molar-refractivity contribution < 1.29 is 9.52 Å². The van der Waals surface area contributed by atoms with Crippen molar-refractivity contribution in [2.75, 3.05) is 0 Å². The molecule has 1 aromatic carbocycles. The van der Waals surface area contributed by atoms with E-state index in [-0.39, 0.29) is 11.9 Å². The minimum atomic E-state index is -0.249. The van der Waals surface area contributed by atoms with Gasteiger partial charge >= 0.3 is 0 Å². The van der Waals surface area contributed by atoms with E-state index in [4.69, 9.17) is 0 Å². The fourth-order valence-electron chi connectivity index (χ4n) is 2.02. The molecule has 4 nitrogen and oxygen atoms in total. The van der Waals surface area contributed by atoms with Crippen LogP contribution in [0.15, 0.2) is 48.8 Å². The first kappa shape index (κ1) is 13.1. The van der Waals surface area contributed by atoms with Crippen molar-refractivity contribution in [3.05, 3.63) is 70.7 Å². The van der Waals surface area contributed by atoms with Crippen LogP contribution in [0.3, 0.4) is 0 Å². The highest BCUT2D eigenvalue weighted by Crippen LogP contribution is 2.16. The van der Waals surface area contributed by atoms with E-state index in [1.165, 1.54) is 12.4 Å². The first-order chi connectivity index (χ1) is 9.08. The Balaban J connectivity index is 2.13. The monoisotopic (exact) mass is 256 g/mol. The largest absolute Gasteiger partial charge is 0.619 e. The molecule has 1 aromatic heterocycles. The Labute approximate surface area is 112 Å². The van der Waals surface area contributed by atoms with Gasteiger partial charge in [0.1, 0.15) is 5.56 Å². The number of carbonyl (C=O) groups excluding carboxylic acids is 1. The molecule has 0 unspecified atom stereocenters. The van der Waals surface area contributed by atoms with Crippen LogP contribution >= 0.6 is 0 Å². The summed E-state index contributed by atoms with van der Waals surface area (Å²) in [5.41, 5.74) is 2.56. The molecule has 0 saturated heterocycles. The van der Waals surface area contributed by atoms with Gasteiger partial charge in [0, 0.05) is 6.07 Å². The predicted molar refractivity (Wildman–Crippen MR) is 72.5 cm³/mol. The lowest BCUT2D eigenvalue weighted by Gasteiger charge is -2.16. The van der Waals surface area contributed by atoms with E-state index in [1.807, 2.05) is 38.1 Å². The van der Waals surface area contributed by atoms with Gasteiger partial charge in [0.25, 0.3) is 5.91 Å². The molecule has 1 heterocycles. The summed E-state index contributed by atoms with van der Waals surface area (Å²) in [6, 6.07) is 11.0. The van der Waals surface area contributed by atoms with Crippen LogP contribution in [0.2, 0.25) is 0 Å². The van der Waals surface area contributed by atoms with E-state index in [0.29, 0.717) is 10.3 Å². The number of benzene rings is 1. The summed E-state index contributed by atoms with van der Waals surface area (Å²) in [7, 11) is 0. The third-order valence-electron chi connectivity index (χ3n) is 3.04. The highest BCUT2D eigenvalue weighted by Gasteiger charge is 2.14. The zero-order valence-electron chi connectivity index (χ0n) is 11.0. The van der Waals surface area contributed by atoms with E-state index in [9.17, 15) is 10.0 Å². The number of pyridine rings is 1. The van der Waals surface area contributed by atoms with Crippen LogP contribution in [0.4, 0.5) is 0 Å². The van der Waals surface area contributed by atoms with E-state index in [0.717, 1.165) is 11.1 Å². The van der Waals surface area contributed by atoms with Gasteiger partial charge in [0.05, 0.1) is 6.04 Å². The number of carbonyl (C=O) groups is 1. The first-order valence-electron chi connectivity index (χ1n) is 6.13. The Hall–Kier alpha value is -2.36. The molecule has 0 aliphatic rings. The third-order valence-corrected chi connectivity index (χ3v) is 3.04. The number of amides is 1. The molecule has 2 aromatic rings. The molecule has 0 aliphatic heterocycles. The molecule has 0 saturated carbocycles. The molecule has 19 heavy (non-hydrogen) atoms. The summed E-state index contributed by atoms with van der Waals surface area (Å²) in [5.74, 6) is -0.249. The summed E-state index contributed by atoms with van der Waals surface area (Å²) in [6.07, 6.45) is 2.61. The molecule has 1 amide bonds. The third kappa shape index (κ3) is 3.10. The Morgan fingerprint density at radius 1 is 1.26 bits per heavy atom. The lowest BCUT2D eigenvalue weighted by atomic mass is 10.0. The SMILES string of the molecule is Cc1ccccc1[C@H](C)NC(=O)c1ccc[n+]([O-])c1. The zero-order chi connectivity index (χ0) is 13.8. The van der Waals surface area contributed by atoms with Gasteiger partial charge in [-0.1, -0.05) is 24.3 Å². The van der Waals surface area contributed by atoms with Crippen LogP contribution in [-0.2, 0) is 0 Å². The summed E-state index contributed by atoms with van der Waals surface area (Å²) >= 11 is 0. The second-order valence-electron chi connectivity index (χ2n) is 4.50. The van der Waals surface area contributed by atoms with Gasteiger partial charge in [-0.15, -0.1) is 0 Å². The molecule has 2 rings (SSSR count). The molecule has 1 atom stereocenters. The maximum atomic E-state index is 12.0. The van der Waals surface area contributed by atoms with Crippen LogP contribution in [0.1, 0.15) is 34.5 Å². The molecule has 0 bridgehead atoms. The highest BCUT2D eigenvalue weighted by molar-refractivity contribution is 5.93. The topological polar surface area (TPSA) is 56.0 Å². The average molecular weight is 256 g/mol. The van der Waals surface area contributed by atoms with Crippen LogP contribution in [0, 0.1) is 12.1 Å². The molecular weight excluding hydrogens is 240 g/mol. The molecule has 0 radical (unpaired) electrons. The van der Waals surface area contributed by atoms with Gasteiger partial charge in [0.15, 0.2) is 12.4 Å². The summed E-state index contributed by atoms with van der Waals surface area (Å²) in [5, 5.41) is 14.0. The number of aryl methyl sites for hydroxylation is 1.